The van der Waals surface area contributed by atoms with Crippen LogP contribution >= 0.6 is 0 Å². The van der Waals surface area contributed by atoms with Gasteiger partial charge >= 0.3 is 0 Å². The Morgan fingerprint density at radius 2 is 1.83 bits per heavy atom. The Morgan fingerprint density at radius 1 is 1.12 bits per heavy atom. The Bertz CT molecular complexity index is 691. The maximum atomic E-state index is 13.6. The van der Waals surface area contributed by atoms with E-state index >= 15 is 0 Å². The van der Waals surface area contributed by atoms with Crippen molar-refractivity contribution in [3.63, 3.8) is 0 Å². The lowest BCUT2D eigenvalue weighted by Crippen LogP contribution is -2.36. The molecule has 1 aliphatic rings. The van der Waals surface area contributed by atoms with E-state index in [9.17, 15) is 4.39 Å². The number of hydrogen-bond acceptors (Lipinski definition) is 3. The van der Waals surface area contributed by atoms with Crippen LogP contribution in [0.5, 0.6) is 11.5 Å². The summed E-state index contributed by atoms with van der Waals surface area (Å²) in [5, 5.41) is 0. The minimum Gasteiger partial charge on any atom is -0.454 e. The van der Waals surface area contributed by atoms with E-state index in [1.54, 1.807) is 18.2 Å². The molecule has 4 heteroatoms. The van der Waals surface area contributed by atoms with Crippen LogP contribution in [0, 0.1) is 5.82 Å². The average Bonchev–Trinajstić information content (AvgIpc) is 2.63. The van der Waals surface area contributed by atoms with Crippen LogP contribution in [0.25, 0.3) is 5.57 Å². The van der Waals surface area contributed by atoms with Crippen LogP contribution in [0.15, 0.2) is 54.6 Å². The van der Waals surface area contributed by atoms with Crippen molar-refractivity contribution in [3.05, 3.63) is 66.0 Å². The fourth-order valence-electron chi connectivity index (χ4n) is 2.61. The van der Waals surface area contributed by atoms with Gasteiger partial charge in [0.2, 0.25) is 0 Å². The number of allylic oxidation sites excluding steroid dienone is 1. The number of hydrogen-bond donors (Lipinski definition) is 0. The molecule has 3 nitrogen and oxygen atoms in total. The van der Waals surface area contributed by atoms with Gasteiger partial charge in [-0.05, 0) is 42.3 Å². The Morgan fingerprint density at radius 3 is 2.54 bits per heavy atom. The van der Waals surface area contributed by atoms with E-state index in [-0.39, 0.29) is 11.6 Å². The number of benzene rings is 2. The zero-order chi connectivity index (χ0) is 16.8. The maximum absolute atomic E-state index is 13.6. The van der Waals surface area contributed by atoms with Gasteiger partial charge in [-0.25, -0.2) is 4.39 Å². The molecule has 0 unspecified atom stereocenters. The Labute approximate surface area is 142 Å². The van der Waals surface area contributed by atoms with Crippen LogP contribution < -0.4 is 4.74 Å². The first kappa shape index (κ1) is 16.7. The normalized spacial score (nSPS) is 16.2. The quantitative estimate of drug-likeness (QED) is 0.815. The molecule has 0 N–H and O–H groups in total. The van der Waals surface area contributed by atoms with E-state index in [1.807, 2.05) is 24.3 Å². The second-order valence-electron chi connectivity index (χ2n) is 5.86. The fraction of sp³-hybridized carbons (Fsp3) is 0.300. The van der Waals surface area contributed by atoms with Gasteiger partial charge in [0.1, 0.15) is 5.75 Å². The standard InChI is InChI=1S/C20H22FNO2/c1-16(10-11-22-12-14-23-15-13-22)17-6-8-18(9-7-17)24-20-5-3-2-4-19(20)21/h2-10H,11-15H2,1H3. The van der Waals surface area contributed by atoms with Gasteiger partial charge in [0.25, 0.3) is 0 Å². The van der Waals surface area contributed by atoms with Crippen LogP contribution in [0.3, 0.4) is 0 Å². The number of morpholine rings is 1. The molecule has 0 saturated carbocycles. The molecule has 24 heavy (non-hydrogen) atoms. The predicted octanol–water partition coefficient (Wildman–Crippen LogP) is 4.35. The van der Waals surface area contributed by atoms with Crippen LogP contribution in [0.2, 0.25) is 0 Å². The SMILES string of the molecule is CC(=CCN1CCOCC1)c1ccc(Oc2ccccc2F)cc1. The van der Waals surface area contributed by atoms with Crippen molar-refractivity contribution in [1.82, 2.24) is 4.90 Å². The van der Waals surface area contributed by atoms with Gasteiger partial charge in [-0.2, -0.15) is 0 Å². The highest BCUT2D eigenvalue weighted by Gasteiger charge is 2.08. The number of para-hydroxylation sites is 1. The lowest BCUT2D eigenvalue weighted by Gasteiger charge is -2.25. The summed E-state index contributed by atoms with van der Waals surface area (Å²) in [6.45, 7) is 6.64. The third-order valence-corrected chi connectivity index (χ3v) is 4.13. The van der Waals surface area contributed by atoms with Crippen molar-refractivity contribution in [1.29, 1.82) is 0 Å². The summed E-state index contributed by atoms with van der Waals surface area (Å²) in [7, 11) is 0. The fourth-order valence-corrected chi connectivity index (χ4v) is 2.61. The zero-order valence-electron chi connectivity index (χ0n) is 13.9. The van der Waals surface area contributed by atoms with Gasteiger partial charge in [0.15, 0.2) is 11.6 Å². The van der Waals surface area contributed by atoms with E-state index < -0.39 is 0 Å². The molecule has 0 atom stereocenters. The third-order valence-electron chi connectivity index (χ3n) is 4.13. The topological polar surface area (TPSA) is 21.7 Å². The van der Waals surface area contributed by atoms with Crippen molar-refractivity contribution in [2.24, 2.45) is 0 Å². The molecule has 0 aromatic heterocycles. The Hall–Kier alpha value is -2.17. The molecule has 0 bridgehead atoms. The van der Waals surface area contributed by atoms with Crippen molar-refractivity contribution in [2.75, 3.05) is 32.8 Å². The number of ether oxygens (including phenoxy) is 2. The highest BCUT2D eigenvalue weighted by atomic mass is 19.1. The van der Waals surface area contributed by atoms with Gasteiger partial charge in [-0.1, -0.05) is 30.3 Å². The molecule has 1 heterocycles. The number of halogens is 1. The zero-order valence-corrected chi connectivity index (χ0v) is 13.9. The summed E-state index contributed by atoms with van der Waals surface area (Å²) >= 11 is 0. The molecule has 2 aromatic rings. The summed E-state index contributed by atoms with van der Waals surface area (Å²) in [6.07, 6.45) is 2.23. The van der Waals surface area contributed by atoms with Gasteiger partial charge in [0, 0.05) is 19.6 Å². The first-order valence-electron chi connectivity index (χ1n) is 8.22. The average molecular weight is 327 g/mol. The number of rotatable bonds is 5. The van der Waals surface area contributed by atoms with Crippen molar-refractivity contribution < 1.29 is 13.9 Å². The highest BCUT2D eigenvalue weighted by Crippen LogP contribution is 2.25. The molecule has 0 radical (unpaired) electrons. The first-order chi connectivity index (χ1) is 11.7. The molecule has 0 spiro atoms. The second-order valence-corrected chi connectivity index (χ2v) is 5.86. The predicted molar refractivity (Wildman–Crippen MR) is 93.8 cm³/mol. The molecule has 1 fully saturated rings. The molecule has 0 aliphatic carbocycles. The van der Waals surface area contributed by atoms with Gasteiger partial charge in [0.05, 0.1) is 13.2 Å². The monoisotopic (exact) mass is 327 g/mol. The lowest BCUT2D eigenvalue weighted by molar-refractivity contribution is 0.0435. The molecule has 0 amide bonds. The van der Waals surface area contributed by atoms with Crippen molar-refractivity contribution in [2.45, 2.75) is 6.92 Å². The second kappa shape index (κ2) is 8.08. The van der Waals surface area contributed by atoms with E-state index in [1.165, 1.54) is 11.6 Å². The van der Waals surface area contributed by atoms with E-state index in [0.717, 1.165) is 38.4 Å². The summed E-state index contributed by atoms with van der Waals surface area (Å²) in [4.78, 5) is 2.38. The van der Waals surface area contributed by atoms with Crippen LogP contribution in [0.1, 0.15) is 12.5 Å². The summed E-state index contributed by atoms with van der Waals surface area (Å²) in [5.41, 5.74) is 2.36. The minimum absolute atomic E-state index is 0.241. The summed E-state index contributed by atoms with van der Waals surface area (Å²) < 4.78 is 24.6. The van der Waals surface area contributed by atoms with E-state index in [4.69, 9.17) is 9.47 Å². The maximum Gasteiger partial charge on any atom is 0.165 e. The first-order valence-corrected chi connectivity index (χ1v) is 8.22. The summed E-state index contributed by atoms with van der Waals surface area (Å²) in [6, 6.07) is 14.2. The van der Waals surface area contributed by atoms with E-state index in [2.05, 4.69) is 17.9 Å². The lowest BCUT2D eigenvalue weighted by atomic mass is 10.1. The third kappa shape index (κ3) is 4.43. The van der Waals surface area contributed by atoms with Crippen LogP contribution in [-0.4, -0.2) is 37.7 Å². The van der Waals surface area contributed by atoms with Gasteiger partial charge in [-0.3, -0.25) is 4.90 Å². The van der Waals surface area contributed by atoms with Crippen LogP contribution in [-0.2, 0) is 4.74 Å². The Balaban J connectivity index is 1.62. The minimum atomic E-state index is -0.358. The van der Waals surface area contributed by atoms with Crippen molar-refractivity contribution in [3.8, 4) is 11.5 Å². The van der Waals surface area contributed by atoms with Gasteiger partial charge < -0.3 is 9.47 Å². The van der Waals surface area contributed by atoms with E-state index in [0.29, 0.717) is 5.75 Å². The highest BCUT2D eigenvalue weighted by molar-refractivity contribution is 5.64. The molecular weight excluding hydrogens is 305 g/mol. The smallest absolute Gasteiger partial charge is 0.165 e. The molecular formula is C20H22FNO2. The van der Waals surface area contributed by atoms with Crippen LogP contribution in [0.4, 0.5) is 4.39 Å². The van der Waals surface area contributed by atoms with Crippen molar-refractivity contribution >= 4 is 5.57 Å². The molecule has 1 saturated heterocycles. The molecule has 1 aliphatic heterocycles. The largest absolute Gasteiger partial charge is 0.454 e. The molecule has 2 aromatic carbocycles. The molecule has 126 valence electrons. The van der Waals surface area contributed by atoms with Gasteiger partial charge in [-0.15, -0.1) is 0 Å². The number of nitrogens with zero attached hydrogens (tertiary/aromatic N) is 1. The summed E-state index contributed by atoms with van der Waals surface area (Å²) in [5.74, 6) is 0.512. The Kier molecular flexibility index (Phi) is 5.62. The molecule has 3 rings (SSSR count).